The molecule has 0 aromatic rings. The molecule has 3 nitrogen and oxygen atoms in total. The maximum Gasteiger partial charge on any atom is 0.181 e. The normalized spacial score (nSPS) is 1.67. The minimum Gasteiger partial charge on any atom is -0.412 e. The average Bonchev–Trinajstić information content (AvgIpc) is 1.37. The van der Waals surface area contributed by atoms with Gasteiger partial charge >= 0.3 is 0 Å². The zero-order chi connectivity index (χ0) is 3.41. The van der Waals surface area contributed by atoms with Crippen LogP contribution in [0.4, 0.5) is 0 Å². The predicted octanol–water partition coefficient (Wildman–Crippen LogP) is -0.678. The van der Waals surface area contributed by atoms with Crippen molar-refractivity contribution in [3.8, 4) is 12.1 Å². The van der Waals surface area contributed by atoms with E-state index in [1.165, 1.54) is 12.1 Å². The number of rotatable bonds is 0. The first-order valence-corrected chi connectivity index (χ1v) is 0.697. The van der Waals surface area contributed by atoms with Crippen molar-refractivity contribution >= 4 is 13.5 Å². The van der Waals surface area contributed by atoms with Gasteiger partial charge in [0.1, 0.15) is 0 Å². The number of nitriles is 2. The van der Waals surface area contributed by atoms with Gasteiger partial charge in [-0.1, -0.05) is 0 Å². The van der Waals surface area contributed by atoms with Crippen LogP contribution in [0.25, 0.3) is 0 Å². The van der Waals surface area contributed by atoms with Crippen molar-refractivity contribution in [1.29, 1.82) is 10.5 Å². The Balaban J connectivity index is -0.0000000450. The van der Waals surface area contributed by atoms with Gasteiger partial charge in [0.05, 0.1) is 0 Å². The van der Waals surface area contributed by atoms with Gasteiger partial charge in [-0.2, -0.15) is 24.0 Å². The third kappa shape index (κ3) is 205. The smallest absolute Gasteiger partial charge is 0.181 e. The lowest BCUT2D eigenvalue weighted by atomic mass is 10.9. The van der Waals surface area contributed by atoms with E-state index in [1.807, 2.05) is 0 Å². The quantitative estimate of drug-likeness (QED) is 0.408. The molecule has 34 valence electrons. The highest BCUT2D eigenvalue weighted by Crippen LogP contribution is 1.27. The van der Waals surface area contributed by atoms with Crippen LogP contribution >= 0.6 is 13.5 Å². The second-order valence-electron chi connectivity index (χ2n) is 0.224. The Labute approximate surface area is 42.6 Å². The van der Waals surface area contributed by atoms with Crippen LogP contribution in [0.3, 0.4) is 0 Å². The molecule has 0 atom stereocenters. The van der Waals surface area contributed by atoms with Crippen molar-refractivity contribution in [2.24, 2.45) is 0 Å². The number of nitrogens with zero attached hydrogens (tertiary/aromatic N) is 2. The van der Waals surface area contributed by atoms with E-state index in [4.69, 9.17) is 10.5 Å². The fourth-order valence-electron chi connectivity index (χ4n) is 0. The van der Waals surface area contributed by atoms with Crippen molar-refractivity contribution in [2.75, 3.05) is 0 Å². The predicted molar refractivity (Wildman–Crippen MR) is 25.2 cm³/mol. The van der Waals surface area contributed by atoms with E-state index < -0.39 is 0 Å². The highest BCUT2D eigenvalue weighted by molar-refractivity contribution is 7.59. The molecule has 0 saturated carbocycles. The molecule has 0 saturated heterocycles. The summed E-state index contributed by atoms with van der Waals surface area (Å²) in [6.45, 7) is 0. The first-order chi connectivity index (χ1) is 1.91. The SMILES string of the molecule is N#CC#N.O.S. The third-order valence-electron chi connectivity index (χ3n) is 0.0500. The Morgan fingerprint density at radius 1 is 1.00 bits per heavy atom. The highest BCUT2D eigenvalue weighted by atomic mass is 32.1. The summed E-state index contributed by atoms with van der Waals surface area (Å²) in [5.41, 5.74) is 0. The standard InChI is InChI=1S/C2N2.H2O.H2S/c3-1-2-4;;/h;2*1H2. The summed E-state index contributed by atoms with van der Waals surface area (Å²) in [5.74, 6) is 0. The molecule has 6 heavy (non-hydrogen) atoms. The van der Waals surface area contributed by atoms with Gasteiger partial charge in [0.2, 0.25) is 0 Å². The van der Waals surface area contributed by atoms with Crippen molar-refractivity contribution in [2.45, 2.75) is 0 Å². The molecular weight excluding hydrogens is 100 g/mol. The van der Waals surface area contributed by atoms with Gasteiger partial charge in [0.25, 0.3) is 0 Å². The first kappa shape index (κ1) is 18.6. The van der Waals surface area contributed by atoms with Gasteiger partial charge in [-0.25, -0.2) is 0 Å². The Morgan fingerprint density at radius 2 is 1.17 bits per heavy atom. The Morgan fingerprint density at radius 3 is 1.17 bits per heavy atom. The molecule has 0 aromatic heterocycles. The fraction of sp³-hybridized carbons (Fsp3) is 0. The monoisotopic (exact) mass is 104 g/mol. The molecule has 0 aliphatic rings. The number of hydrogen-bond donors (Lipinski definition) is 0. The second kappa shape index (κ2) is 27.9. The molecule has 0 aromatic carbocycles. The van der Waals surface area contributed by atoms with Gasteiger partial charge in [-0.05, 0) is 0 Å². The minimum absolute atomic E-state index is 0. The molecule has 0 unspecified atom stereocenters. The Kier molecular flexibility index (Phi) is 86.3. The van der Waals surface area contributed by atoms with Gasteiger partial charge < -0.3 is 5.48 Å². The molecule has 0 amide bonds. The van der Waals surface area contributed by atoms with E-state index in [1.54, 1.807) is 0 Å². The number of hydrogen-bond acceptors (Lipinski definition) is 2. The molecule has 0 fully saturated rings. The van der Waals surface area contributed by atoms with Crippen LogP contribution < -0.4 is 0 Å². The van der Waals surface area contributed by atoms with Gasteiger partial charge in [-0.15, -0.1) is 0 Å². The fourth-order valence-corrected chi connectivity index (χ4v) is 0. The summed E-state index contributed by atoms with van der Waals surface area (Å²) in [6.07, 6.45) is 0. The van der Waals surface area contributed by atoms with E-state index in [2.05, 4.69) is 0 Å². The maximum absolute atomic E-state index is 7.26. The molecule has 0 bridgehead atoms. The van der Waals surface area contributed by atoms with Crippen molar-refractivity contribution in [1.82, 2.24) is 0 Å². The molecule has 4 heteroatoms. The van der Waals surface area contributed by atoms with Crippen LogP contribution in [-0.4, -0.2) is 5.48 Å². The van der Waals surface area contributed by atoms with Gasteiger partial charge in [0, 0.05) is 0 Å². The molecule has 0 rings (SSSR count). The van der Waals surface area contributed by atoms with Crippen LogP contribution in [0.1, 0.15) is 0 Å². The molecule has 2 N–H and O–H groups in total. The van der Waals surface area contributed by atoms with Gasteiger partial charge in [0.15, 0.2) is 12.1 Å². The summed E-state index contributed by atoms with van der Waals surface area (Å²) >= 11 is 0. The molecule has 0 heterocycles. The summed E-state index contributed by atoms with van der Waals surface area (Å²) in [6, 6.07) is 2.47. The van der Waals surface area contributed by atoms with E-state index in [-0.39, 0.29) is 19.0 Å². The van der Waals surface area contributed by atoms with Crippen LogP contribution in [0, 0.1) is 22.7 Å². The van der Waals surface area contributed by atoms with E-state index in [0.717, 1.165) is 0 Å². The minimum atomic E-state index is 0. The van der Waals surface area contributed by atoms with E-state index in [9.17, 15) is 0 Å². The summed E-state index contributed by atoms with van der Waals surface area (Å²) in [4.78, 5) is 0. The zero-order valence-electron chi connectivity index (χ0n) is 2.89. The van der Waals surface area contributed by atoms with Crippen molar-refractivity contribution in [3.63, 3.8) is 0 Å². The lowest BCUT2D eigenvalue weighted by Gasteiger charge is -1.16. The molecule has 0 spiro atoms. The summed E-state index contributed by atoms with van der Waals surface area (Å²) < 4.78 is 0. The van der Waals surface area contributed by atoms with E-state index >= 15 is 0 Å². The molecule has 0 aliphatic carbocycles. The van der Waals surface area contributed by atoms with E-state index in [0.29, 0.717) is 0 Å². The van der Waals surface area contributed by atoms with Crippen LogP contribution in [0.15, 0.2) is 0 Å². The third-order valence-corrected chi connectivity index (χ3v) is 0.0500. The summed E-state index contributed by atoms with van der Waals surface area (Å²) in [7, 11) is 0. The average molecular weight is 104 g/mol. The maximum atomic E-state index is 7.26. The molecular formula is C2H4N2OS. The topological polar surface area (TPSA) is 79.1 Å². The van der Waals surface area contributed by atoms with Crippen LogP contribution in [0.5, 0.6) is 0 Å². The molecule has 0 radical (unpaired) electrons. The lowest BCUT2D eigenvalue weighted by Crippen LogP contribution is -1.26. The lowest BCUT2D eigenvalue weighted by molar-refractivity contribution is 0.824. The first-order valence-electron chi connectivity index (χ1n) is 0.697. The van der Waals surface area contributed by atoms with Crippen molar-refractivity contribution in [3.05, 3.63) is 0 Å². The van der Waals surface area contributed by atoms with Crippen LogP contribution in [-0.2, 0) is 0 Å². The van der Waals surface area contributed by atoms with Crippen LogP contribution in [0.2, 0.25) is 0 Å². The Hall–Kier alpha value is -0.710. The molecule has 0 aliphatic heterocycles. The van der Waals surface area contributed by atoms with Crippen molar-refractivity contribution < 1.29 is 5.48 Å². The largest absolute Gasteiger partial charge is 0.412 e. The Bertz CT molecular complexity index is 66.5. The van der Waals surface area contributed by atoms with Gasteiger partial charge in [-0.3, -0.25) is 0 Å². The second-order valence-corrected chi connectivity index (χ2v) is 0.224. The highest BCUT2D eigenvalue weighted by Gasteiger charge is 1.39. The summed E-state index contributed by atoms with van der Waals surface area (Å²) in [5, 5.41) is 14.5. The zero-order valence-corrected chi connectivity index (χ0v) is 3.89.